The van der Waals surface area contributed by atoms with E-state index in [4.69, 9.17) is 4.74 Å². The monoisotopic (exact) mass is 276 g/mol. The third-order valence-corrected chi connectivity index (χ3v) is 4.04. The summed E-state index contributed by atoms with van der Waals surface area (Å²) in [7, 11) is 1.71. The first kappa shape index (κ1) is 15.3. The summed E-state index contributed by atoms with van der Waals surface area (Å²) < 4.78 is 5.18. The molecule has 0 bridgehead atoms. The van der Waals surface area contributed by atoms with Gasteiger partial charge in [-0.25, -0.2) is 0 Å². The topological polar surface area (TPSA) is 24.5 Å². The first-order valence-electron chi connectivity index (χ1n) is 7.86. The van der Waals surface area contributed by atoms with E-state index in [-0.39, 0.29) is 0 Å². The molecule has 1 aromatic rings. The van der Waals surface area contributed by atoms with Gasteiger partial charge in [0, 0.05) is 6.04 Å². The molecule has 1 fully saturated rings. The maximum Gasteiger partial charge on any atom is 0.118 e. The van der Waals surface area contributed by atoms with Crippen molar-refractivity contribution in [3.8, 4) is 5.75 Å². The normalized spacial score (nSPS) is 17.3. The molecule has 112 valence electrons. The van der Waals surface area contributed by atoms with Crippen molar-refractivity contribution >= 4 is 0 Å². The predicted octanol–water partition coefficient (Wildman–Crippen LogP) is 2.70. The molecule has 1 aliphatic heterocycles. The zero-order chi connectivity index (χ0) is 14.2. The summed E-state index contributed by atoms with van der Waals surface area (Å²) in [6.07, 6.45) is 5.11. The average molecular weight is 276 g/mol. The highest BCUT2D eigenvalue weighted by Crippen LogP contribution is 2.12. The Morgan fingerprint density at radius 2 is 1.90 bits per heavy atom. The number of nitrogens with one attached hydrogen (secondary N) is 1. The lowest BCUT2D eigenvalue weighted by atomic mass is 10.1. The van der Waals surface area contributed by atoms with Crippen molar-refractivity contribution < 1.29 is 4.74 Å². The SMILES string of the molecule is COc1ccc(CC(C)NCCCN2CCCC2)cc1. The minimum atomic E-state index is 0.530. The van der Waals surface area contributed by atoms with Crippen LogP contribution in [0.15, 0.2) is 24.3 Å². The van der Waals surface area contributed by atoms with Crippen molar-refractivity contribution in [1.29, 1.82) is 0 Å². The number of benzene rings is 1. The molecule has 20 heavy (non-hydrogen) atoms. The zero-order valence-corrected chi connectivity index (χ0v) is 12.9. The van der Waals surface area contributed by atoms with Gasteiger partial charge < -0.3 is 15.0 Å². The standard InChI is InChI=1S/C17H28N2O/c1-15(14-16-6-8-17(20-2)9-7-16)18-10-5-13-19-11-3-4-12-19/h6-9,15,18H,3-5,10-14H2,1-2H3. The molecule has 1 heterocycles. The van der Waals surface area contributed by atoms with E-state index in [2.05, 4.69) is 29.3 Å². The molecule has 0 saturated carbocycles. The van der Waals surface area contributed by atoms with Crippen LogP contribution in [0.4, 0.5) is 0 Å². The number of rotatable bonds is 8. The molecule has 0 aromatic heterocycles. The molecule has 3 heteroatoms. The Morgan fingerprint density at radius 1 is 1.20 bits per heavy atom. The second-order valence-corrected chi connectivity index (χ2v) is 5.81. The summed E-state index contributed by atoms with van der Waals surface area (Å²) in [5.74, 6) is 0.931. The molecule has 0 spiro atoms. The van der Waals surface area contributed by atoms with E-state index in [1.54, 1.807) is 7.11 Å². The molecule has 0 aliphatic carbocycles. The van der Waals surface area contributed by atoms with Gasteiger partial charge in [-0.05, 0) is 76.5 Å². The number of hydrogen-bond acceptors (Lipinski definition) is 3. The number of hydrogen-bond donors (Lipinski definition) is 1. The van der Waals surface area contributed by atoms with Crippen LogP contribution in [0.3, 0.4) is 0 Å². The Labute approximate surface area is 123 Å². The number of methoxy groups -OCH3 is 1. The van der Waals surface area contributed by atoms with Gasteiger partial charge in [0.25, 0.3) is 0 Å². The largest absolute Gasteiger partial charge is 0.497 e. The minimum Gasteiger partial charge on any atom is -0.497 e. The first-order valence-corrected chi connectivity index (χ1v) is 7.86. The van der Waals surface area contributed by atoms with Gasteiger partial charge in [-0.1, -0.05) is 12.1 Å². The molecule has 0 radical (unpaired) electrons. The third kappa shape index (κ3) is 5.14. The molecule has 1 aliphatic rings. The lowest BCUT2D eigenvalue weighted by Crippen LogP contribution is -2.31. The van der Waals surface area contributed by atoms with Crippen LogP contribution in [-0.2, 0) is 6.42 Å². The lowest BCUT2D eigenvalue weighted by Gasteiger charge is -2.17. The van der Waals surface area contributed by atoms with E-state index in [1.165, 1.54) is 44.5 Å². The van der Waals surface area contributed by atoms with E-state index >= 15 is 0 Å². The number of likely N-dealkylation sites (tertiary alicyclic amines) is 1. The summed E-state index contributed by atoms with van der Waals surface area (Å²) in [5, 5.41) is 3.63. The summed E-state index contributed by atoms with van der Waals surface area (Å²) >= 11 is 0. The summed E-state index contributed by atoms with van der Waals surface area (Å²) in [4.78, 5) is 2.58. The summed E-state index contributed by atoms with van der Waals surface area (Å²) in [6, 6.07) is 8.91. The van der Waals surface area contributed by atoms with Gasteiger partial charge in [0.15, 0.2) is 0 Å². The number of nitrogens with zero attached hydrogens (tertiary/aromatic N) is 1. The first-order chi connectivity index (χ1) is 9.78. The summed E-state index contributed by atoms with van der Waals surface area (Å²) in [5.41, 5.74) is 1.37. The van der Waals surface area contributed by atoms with E-state index in [0.717, 1.165) is 18.7 Å². The van der Waals surface area contributed by atoms with E-state index in [9.17, 15) is 0 Å². The van der Waals surface area contributed by atoms with Crippen LogP contribution in [0.2, 0.25) is 0 Å². The van der Waals surface area contributed by atoms with Crippen LogP contribution < -0.4 is 10.1 Å². The quantitative estimate of drug-likeness (QED) is 0.739. The van der Waals surface area contributed by atoms with Crippen molar-refractivity contribution in [2.75, 3.05) is 33.3 Å². The minimum absolute atomic E-state index is 0.530. The van der Waals surface area contributed by atoms with Gasteiger partial charge in [-0.2, -0.15) is 0 Å². The van der Waals surface area contributed by atoms with E-state index in [1.807, 2.05) is 12.1 Å². The zero-order valence-electron chi connectivity index (χ0n) is 12.9. The van der Waals surface area contributed by atoms with Crippen LogP contribution in [0, 0.1) is 0 Å². The van der Waals surface area contributed by atoms with E-state index < -0.39 is 0 Å². The van der Waals surface area contributed by atoms with Gasteiger partial charge >= 0.3 is 0 Å². The smallest absolute Gasteiger partial charge is 0.118 e. The van der Waals surface area contributed by atoms with Gasteiger partial charge in [0.2, 0.25) is 0 Å². The Hall–Kier alpha value is -1.06. The average Bonchev–Trinajstić information content (AvgIpc) is 2.98. The molecule has 1 N–H and O–H groups in total. The highest BCUT2D eigenvalue weighted by molar-refractivity contribution is 5.27. The number of ether oxygens (including phenoxy) is 1. The molecule has 1 aromatic carbocycles. The second kappa shape index (κ2) is 8.28. The van der Waals surface area contributed by atoms with Crippen molar-refractivity contribution in [2.45, 2.75) is 38.6 Å². The van der Waals surface area contributed by atoms with Crippen molar-refractivity contribution in [3.05, 3.63) is 29.8 Å². The van der Waals surface area contributed by atoms with Gasteiger partial charge in [-0.15, -0.1) is 0 Å². The third-order valence-electron chi connectivity index (χ3n) is 4.04. The summed E-state index contributed by atoms with van der Waals surface area (Å²) in [6.45, 7) is 7.25. The van der Waals surface area contributed by atoms with Crippen LogP contribution in [0.5, 0.6) is 5.75 Å². The van der Waals surface area contributed by atoms with E-state index in [0.29, 0.717) is 6.04 Å². The van der Waals surface area contributed by atoms with Crippen LogP contribution in [0.1, 0.15) is 31.7 Å². The van der Waals surface area contributed by atoms with Gasteiger partial charge in [0.05, 0.1) is 7.11 Å². The fraction of sp³-hybridized carbons (Fsp3) is 0.647. The molecule has 1 unspecified atom stereocenters. The van der Waals surface area contributed by atoms with Crippen molar-refractivity contribution in [2.24, 2.45) is 0 Å². The Bertz CT molecular complexity index is 371. The molecule has 3 nitrogen and oxygen atoms in total. The van der Waals surface area contributed by atoms with Crippen LogP contribution in [0.25, 0.3) is 0 Å². The molecule has 2 rings (SSSR count). The van der Waals surface area contributed by atoms with Crippen LogP contribution in [-0.4, -0.2) is 44.2 Å². The molecule has 1 atom stereocenters. The van der Waals surface area contributed by atoms with Crippen molar-refractivity contribution in [1.82, 2.24) is 10.2 Å². The maximum absolute atomic E-state index is 5.18. The van der Waals surface area contributed by atoms with Gasteiger partial charge in [-0.3, -0.25) is 0 Å². The Kier molecular flexibility index (Phi) is 6.34. The Morgan fingerprint density at radius 3 is 2.55 bits per heavy atom. The second-order valence-electron chi connectivity index (χ2n) is 5.81. The molecular weight excluding hydrogens is 248 g/mol. The van der Waals surface area contributed by atoms with Gasteiger partial charge in [0.1, 0.15) is 5.75 Å². The van der Waals surface area contributed by atoms with Crippen LogP contribution >= 0.6 is 0 Å². The Balaban J connectivity index is 1.60. The maximum atomic E-state index is 5.18. The lowest BCUT2D eigenvalue weighted by molar-refractivity contribution is 0.328. The highest BCUT2D eigenvalue weighted by Gasteiger charge is 2.10. The fourth-order valence-electron chi connectivity index (χ4n) is 2.84. The fourth-order valence-corrected chi connectivity index (χ4v) is 2.84. The highest BCUT2D eigenvalue weighted by atomic mass is 16.5. The molecule has 1 saturated heterocycles. The molecular formula is C17H28N2O. The molecule has 0 amide bonds. The van der Waals surface area contributed by atoms with Crippen molar-refractivity contribution in [3.63, 3.8) is 0 Å². The predicted molar refractivity (Wildman–Crippen MR) is 84.5 cm³/mol.